The van der Waals surface area contributed by atoms with E-state index >= 15 is 0 Å². The monoisotopic (exact) mass is 457 g/mol. The van der Waals surface area contributed by atoms with Crippen molar-refractivity contribution in [2.24, 2.45) is 7.05 Å². The van der Waals surface area contributed by atoms with Gasteiger partial charge in [0, 0.05) is 39.8 Å². The van der Waals surface area contributed by atoms with Crippen LogP contribution < -0.4 is 9.47 Å². The molecule has 2 heterocycles. The highest BCUT2D eigenvalue weighted by molar-refractivity contribution is 7.71. The van der Waals surface area contributed by atoms with E-state index in [0.29, 0.717) is 22.8 Å². The second kappa shape index (κ2) is 9.81. The summed E-state index contributed by atoms with van der Waals surface area (Å²) in [5.41, 5.74) is 1.65. The lowest BCUT2D eigenvalue weighted by Crippen LogP contribution is -2.46. The van der Waals surface area contributed by atoms with Crippen LogP contribution in [0.4, 0.5) is 4.39 Å². The molecule has 7 nitrogen and oxygen atoms in total. The number of hydrogen-bond acceptors (Lipinski definition) is 6. The largest absolute Gasteiger partial charge is 0.493 e. The molecule has 0 N–H and O–H groups in total. The predicted octanol–water partition coefficient (Wildman–Crippen LogP) is 3.55. The molecule has 9 heteroatoms. The van der Waals surface area contributed by atoms with E-state index in [2.05, 4.69) is 21.0 Å². The van der Waals surface area contributed by atoms with Gasteiger partial charge >= 0.3 is 0 Å². The summed E-state index contributed by atoms with van der Waals surface area (Å²) < 4.78 is 29.1. The smallest absolute Gasteiger partial charge is 0.199 e. The minimum atomic E-state index is -0.300. The van der Waals surface area contributed by atoms with Crippen LogP contribution in [0.3, 0.4) is 0 Å². The Hall–Kier alpha value is -2.75. The van der Waals surface area contributed by atoms with Crippen molar-refractivity contribution in [2.45, 2.75) is 13.2 Å². The molecule has 0 atom stereocenters. The third kappa shape index (κ3) is 4.69. The van der Waals surface area contributed by atoms with E-state index in [1.165, 1.54) is 11.6 Å². The van der Waals surface area contributed by atoms with Crippen molar-refractivity contribution in [2.75, 3.05) is 40.4 Å². The lowest BCUT2D eigenvalue weighted by Gasteiger charge is -2.34. The normalized spacial score (nSPS) is 15.1. The van der Waals surface area contributed by atoms with Gasteiger partial charge in [-0.1, -0.05) is 18.2 Å². The Labute approximate surface area is 192 Å². The summed E-state index contributed by atoms with van der Waals surface area (Å²) in [7, 11) is 5.12. The molecule has 0 radical (unpaired) electrons. The zero-order valence-electron chi connectivity index (χ0n) is 18.6. The third-order valence-corrected chi connectivity index (χ3v) is 6.29. The summed E-state index contributed by atoms with van der Waals surface area (Å²) in [6, 6.07) is 12.7. The first-order valence-electron chi connectivity index (χ1n) is 10.5. The maximum absolute atomic E-state index is 14.2. The number of hydrogen-bond donors (Lipinski definition) is 0. The predicted molar refractivity (Wildman–Crippen MR) is 124 cm³/mol. The fraction of sp³-hybridized carbons (Fsp3) is 0.391. The highest BCUT2D eigenvalue weighted by Crippen LogP contribution is 2.28. The topological polar surface area (TPSA) is 47.7 Å². The second-order valence-electron chi connectivity index (χ2n) is 7.87. The van der Waals surface area contributed by atoms with Crippen molar-refractivity contribution in [3.05, 3.63) is 58.6 Å². The number of nitrogens with zero attached hydrogens (tertiary/aromatic N) is 5. The lowest BCUT2D eigenvalue weighted by atomic mass is 10.1. The molecule has 2 aromatic carbocycles. The van der Waals surface area contributed by atoms with E-state index in [9.17, 15) is 4.39 Å². The van der Waals surface area contributed by atoms with Crippen LogP contribution in [-0.2, 0) is 20.3 Å². The summed E-state index contributed by atoms with van der Waals surface area (Å²) in [5, 5.41) is 4.61. The van der Waals surface area contributed by atoms with Gasteiger partial charge in [-0.2, -0.15) is 5.10 Å². The van der Waals surface area contributed by atoms with Crippen LogP contribution in [0, 0.1) is 10.6 Å². The van der Waals surface area contributed by atoms with Gasteiger partial charge in [0.05, 0.1) is 26.5 Å². The number of ether oxygens (including phenoxy) is 2. The van der Waals surface area contributed by atoms with Crippen molar-refractivity contribution in [3.63, 3.8) is 0 Å². The summed E-state index contributed by atoms with van der Waals surface area (Å²) in [6.45, 7) is 5.13. The van der Waals surface area contributed by atoms with E-state index in [1.54, 1.807) is 41.7 Å². The average Bonchev–Trinajstić information content (AvgIpc) is 3.09. The quantitative estimate of drug-likeness (QED) is 0.506. The molecule has 32 heavy (non-hydrogen) atoms. The second-order valence-corrected chi connectivity index (χ2v) is 8.23. The van der Waals surface area contributed by atoms with Gasteiger partial charge in [0.15, 0.2) is 22.1 Å². The van der Waals surface area contributed by atoms with Crippen molar-refractivity contribution in [1.82, 2.24) is 24.1 Å². The highest BCUT2D eigenvalue weighted by Gasteiger charge is 2.20. The molecular weight excluding hydrogens is 429 g/mol. The van der Waals surface area contributed by atoms with Gasteiger partial charge < -0.3 is 14.0 Å². The number of methoxy groups -OCH3 is 2. The SMILES string of the molecule is COc1ccc(CN2CCN(Cn3nc(-c4ccccc4F)n(C)c3=S)CC2)cc1OC. The molecule has 0 saturated carbocycles. The Morgan fingerprint density at radius 2 is 1.66 bits per heavy atom. The maximum Gasteiger partial charge on any atom is 0.199 e. The molecule has 0 aliphatic carbocycles. The molecule has 4 rings (SSSR count). The molecule has 1 saturated heterocycles. The van der Waals surface area contributed by atoms with Crippen molar-refractivity contribution >= 4 is 12.2 Å². The molecule has 1 fully saturated rings. The molecule has 1 aromatic heterocycles. The Kier molecular flexibility index (Phi) is 6.88. The van der Waals surface area contributed by atoms with Gasteiger partial charge in [0.2, 0.25) is 0 Å². The van der Waals surface area contributed by atoms with Crippen LogP contribution in [0.2, 0.25) is 0 Å². The maximum atomic E-state index is 14.2. The average molecular weight is 458 g/mol. The number of aromatic nitrogens is 3. The minimum absolute atomic E-state index is 0.300. The molecule has 1 aliphatic heterocycles. The summed E-state index contributed by atoms with van der Waals surface area (Å²) >= 11 is 5.56. The highest BCUT2D eigenvalue weighted by atomic mass is 32.1. The number of rotatable bonds is 7. The van der Waals surface area contributed by atoms with E-state index < -0.39 is 0 Å². The Morgan fingerprint density at radius 3 is 2.34 bits per heavy atom. The Bertz CT molecular complexity index is 1140. The molecule has 170 valence electrons. The van der Waals surface area contributed by atoms with Gasteiger partial charge in [-0.3, -0.25) is 9.80 Å². The first-order valence-corrected chi connectivity index (χ1v) is 11.0. The van der Waals surface area contributed by atoms with Crippen LogP contribution >= 0.6 is 12.2 Å². The van der Waals surface area contributed by atoms with Crippen LogP contribution in [0.1, 0.15) is 5.56 Å². The first-order chi connectivity index (χ1) is 15.5. The standard InChI is InChI=1S/C23H28FN5O2S/c1-26-22(18-6-4-5-7-19(18)24)25-29(23(26)32)16-28-12-10-27(11-13-28)15-17-8-9-20(30-2)21(14-17)31-3/h4-9,14H,10-13,15-16H2,1-3H3. The fourth-order valence-corrected chi connectivity index (χ4v) is 4.16. The summed E-state index contributed by atoms with van der Waals surface area (Å²) in [5.74, 6) is 1.73. The van der Waals surface area contributed by atoms with Gasteiger partial charge in [-0.25, -0.2) is 9.07 Å². The first kappa shape index (κ1) is 22.4. The zero-order valence-corrected chi connectivity index (χ0v) is 19.4. The van der Waals surface area contributed by atoms with E-state index in [1.807, 2.05) is 19.2 Å². The molecule has 0 spiro atoms. The Balaban J connectivity index is 1.38. The molecule has 0 unspecified atom stereocenters. The van der Waals surface area contributed by atoms with E-state index in [-0.39, 0.29) is 5.82 Å². The van der Waals surface area contributed by atoms with E-state index in [4.69, 9.17) is 21.7 Å². The van der Waals surface area contributed by atoms with Gasteiger partial charge in [0.25, 0.3) is 0 Å². The molecular formula is C23H28FN5O2S. The van der Waals surface area contributed by atoms with Crippen LogP contribution in [0.25, 0.3) is 11.4 Å². The fourth-order valence-electron chi connectivity index (χ4n) is 3.97. The Morgan fingerprint density at radius 1 is 0.969 bits per heavy atom. The van der Waals surface area contributed by atoms with E-state index in [0.717, 1.165) is 44.2 Å². The third-order valence-electron chi connectivity index (χ3n) is 5.81. The number of halogens is 1. The summed E-state index contributed by atoms with van der Waals surface area (Å²) in [4.78, 5) is 4.74. The van der Waals surface area contributed by atoms with Gasteiger partial charge in [-0.05, 0) is 42.0 Å². The number of piperazine rings is 1. The molecule has 0 bridgehead atoms. The molecule has 0 amide bonds. The van der Waals surface area contributed by atoms with Crippen LogP contribution in [0.15, 0.2) is 42.5 Å². The van der Waals surface area contributed by atoms with Crippen molar-refractivity contribution < 1.29 is 13.9 Å². The molecule has 1 aliphatic rings. The van der Waals surface area contributed by atoms with Crippen LogP contribution in [0.5, 0.6) is 11.5 Å². The van der Waals surface area contributed by atoms with Gasteiger partial charge in [0.1, 0.15) is 5.82 Å². The van der Waals surface area contributed by atoms with Crippen molar-refractivity contribution in [3.8, 4) is 22.9 Å². The zero-order chi connectivity index (χ0) is 22.7. The van der Waals surface area contributed by atoms with Crippen LogP contribution in [-0.4, -0.2) is 64.5 Å². The molecule has 3 aromatic rings. The van der Waals surface area contributed by atoms with Gasteiger partial charge in [-0.15, -0.1) is 0 Å². The lowest BCUT2D eigenvalue weighted by molar-refractivity contribution is 0.0980. The van der Waals surface area contributed by atoms with Crippen molar-refractivity contribution in [1.29, 1.82) is 0 Å². The summed E-state index contributed by atoms with van der Waals surface area (Å²) in [6.07, 6.45) is 0. The number of benzene rings is 2. The minimum Gasteiger partial charge on any atom is -0.493 e.